The number of ether oxygens (including phenoxy) is 1. The molecular weight excluding hydrogens is 270 g/mol. The average Bonchev–Trinajstić information content (AvgIpc) is 2.41. The molecule has 19 heavy (non-hydrogen) atoms. The molecule has 7 heteroatoms. The molecule has 2 aromatic rings. The summed E-state index contributed by atoms with van der Waals surface area (Å²) in [5, 5.41) is 14.1. The third kappa shape index (κ3) is 3.11. The highest BCUT2D eigenvalue weighted by Crippen LogP contribution is 2.33. The maximum absolute atomic E-state index is 10.9. The van der Waals surface area contributed by atoms with E-state index in [1.165, 1.54) is 18.2 Å². The Kier molecular flexibility index (Phi) is 3.82. The van der Waals surface area contributed by atoms with Crippen molar-refractivity contribution in [2.75, 3.05) is 12.4 Å². The van der Waals surface area contributed by atoms with Crippen molar-refractivity contribution in [2.24, 2.45) is 0 Å². The Morgan fingerprint density at radius 2 is 2.16 bits per heavy atom. The second kappa shape index (κ2) is 5.53. The largest absolute Gasteiger partial charge is 0.450 e. The number of anilines is 1. The predicted octanol–water partition coefficient (Wildman–Crippen LogP) is 3.48. The fourth-order valence-corrected chi connectivity index (χ4v) is 1.62. The number of nitrogens with one attached hydrogen (secondary N) is 1. The summed E-state index contributed by atoms with van der Waals surface area (Å²) >= 11 is 5.73. The minimum atomic E-state index is -0.540. The predicted molar refractivity (Wildman–Crippen MR) is 72.0 cm³/mol. The van der Waals surface area contributed by atoms with Crippen molar-refractivity contribution in [3.63, 3.8) is 0 Å². The van der Waals surface area contributed by atoms with Gasteiger partial charge in [0.1, 0.15) is 11.6 Å². The van der Waals surface area contributed by atoms with Crippen LogP contribution in [0.15, 0.2) is 36.5 Å². The van der Waals surface area contributed by atoms with Gasteiger partial charge in [0.15, 0.2) is 0 Å². The molecule has 0 amide bonds. The van der Waals surface area contributed by atoms with E-state index in [4.69, 9.17) is 16.3 Å². The number of aromatic nitrogens is 1. The molecule has 0 aliphatic rings. The molecular formula is C12H10ClN3O3. The molecule has 0 spiro atoms. The Bertz CT molecular complexity index is 619. The van der Waals surface area contributed by atoms with Crippen LogP contribution >= 0.6 is 11.6 Å². The topological polar surface area (TPSA) is 77.3 Å². The number of hydrogen-bond acceptors (Lipinski definition) is 5. The van der Waals surface area contributed by atoms with Gasteiger partial charge < -0.3 is 10.1 Å². The molecule has 1 N–H and O–H groups in total. The number of nitrogens with zero attached hydrogens (tertiary/aromatic N) is 2. The van der Waals surface area contributed by atoms with Crippen LogP contribution in [-0.2, 0) is 0 Å². The van der Waals surface area contributed by atoms with Gasteiger partial charge in [-0.2, -0.15) is 0 Å². The van der Waals surface area contributed by atoms with E-state index in [1.54, 1.807) is 25.4 Å². The van der Waals surface area contributed by atoms with E-state index in [2.05, 4.69) is 10.3 Å². The van der Waals surface area contributed by atoms with Gasteiger partial charge in [-0.25, -0.2) is 4.98 Å². The van der Waals surface area contributed by atoms with E-state index in [-0.39, 0.29) is 16.5 Å². The summed E-state index contributed by atoms with van der Waals surface area (Å²) in [7, 11) is 1.72. The monoisotopic (exact) mass is 279 g/mol. The van der Waals surface area contributed by atoms with Crippen molar-refractivity contribution >= 4 is 23.1 Å². The van der Waals surface area contributed by atoms with Crippen LogP contribution in [0.1, 0.15) is 0 Å². The number of rotatable bonds is 4. The third-order valence-electron chi connectivity index (χ3n) is 2.33. The SMILES string of the molecule is CNc1cc(Oc2ccc(Cl)cc2[N+](=O)[O-])ccn1. The molecule has 0 unspecified atom stereocenters. The lowest BCUT2D eigenvalue weighted by Gasteiger charge is -2.07. The lowest BCUT2D eigenvalue weighted by Crippen LogP contribution is -1.95. The summed E-state index contributed by atoms with van der Waals surface area (Å²) < 4.78 is 5.49. The highest BCUT2D eigenvalue weighted by atomic mass is 35.5. The van der Waals surface area contributed by atoms with Gasteiger partial charge in [0.2, 0.25) is 5.75 Å². The van der Waals surface area contributed by atoms with Crippen LogP contribution in [0.3, 0.4) is 0 Å². The molecule has 0 aliphatic heterocycles. The summed E-state index contributed by atoms with van der Waals surface area (Å²) in [5.74, 6) is 1.18. The van der Waals surface area contributed by atoms with Crippen molar-refractivity contribution < 1.29 is 9.66 Å². The van der Waals surface area contributed by atoms with Crippen LogP contribution < -0.4 is 10.1 Å². The van der Waals surface area contributed by atoms with Crippen molar-refractivity contribution in [3.8, 4) is 11.5 Å². The lowest BCUT2D eigenvalue weighted by atomic mass is 10.3. The van der Waals surface area contributed by atoms with E-state index in [1.807, 2.05) is 0 Å². The zero-order valence-electron chi connectivity index (χ0n) is 9.96. The number of nitro benzene ring substituents is 1. The Labute approximate surface area is 114 Å². The summed E-state index contributed by atoms with van der Waals surface area (Å²) in [6.45, 7) is 0. The summed E-state index contributed by atoms with van der Waals surface area (Å²) in [6.07, 6.45) is 1.54. The summed E-state index contributed by atoms with van der Waals surface area (Å²) in [4.78, 5) is 14.4. The zero-order valence-corrected chi connectivity index (χ0v) is 10.7. The van der Waals surface area contributed by atoms with Crippen LogP contribution in [0.5, 0.6) is 11.5 Å². The highest BCUT2D eigenvalue weighted by molar-refractivity contribution is 6.30. The van der Waals surface area contributed by atoms with Crippen molar-refractivity contribution in [3.05, 3.63) is 51.7 Å². The van der Waals surface area contributed by atoms with Gasteiger partial charge in [-0.3, -0.25) is 10.1 Å². The molecule has 6 nitrogen and oxygen atoms in total. The first-order chi connectivity index (χ1) is 9.10. The quantitative estimate of drug-likeness (QED) is 0.685. The Morgan fingerprint density at radius 3 is 2.84 bits per heavy atom. The minimum Gasteiger partial charge on any atom is -0.450 e. The summed E-state index contributed by atoms with van der Waals surface area (Å²) in [6, 6.07) is 7.48. The molecule has 0 saturated heterocycles. The molecule has 1 aromatic heterocycles. The minimum absolute atomic E-state index is 0.127. The number of hydrogen-bond donors (Lipinski definition) is 1. The van der Waals surface area contributed by atoms with Crippen LogP contribution in [0.25, 0.3) is 0 Å². The molecule has 0 saturated carbocycles. The fraction of sp³-hybridized carbons (Fsp3) is 0.0833. The van der Waals surface area contributed by atoms with Crippen LogP contribution in [-0.4, -0.2) is 17.0 Å². The van der Waals surface area contributed by atoms with Crippen LogP contribution in [0.2, 0.25) is 5.02 Å². The molecule has 0 bridgehead atoms. The third-order valence-corrected chi connectivity index (χ3v) is 2.57. The smallest absolute Gasteiger partial charge is 0.313 e. The molecule has 2 rings (SSSR count). The van der Waals surface area contributed by atoms with E-state index in [0.717, 1.165) is 0 Å². The van der Waals surface area contributed by atoms with Crippen molar-refractivity contribution in [2.45, 2.75) is 0 Å². The van der Waals surface area contributed by atoms with Gasteiger partial charge in [0.25, 0.3) is 0 Å². The maximum atomic E-state index is 10.9. The normalized spacial score (nSPS) is 10.0. The van der Waals surface area contributed by atoms with Gasteiger partial charge in [0, 0.05) is 30.4 Å². The van der Waals surface area contributed by atoms with Gasteiger partial charge in [-0.05, 0) is 18.2 Å². The van der Waals surface area contributed by atoms with Gasteiger partial charge in [0.05, 0.1) is 4.92 Å². The Hall–Kier alpha value is -2.34. The number of halogens is 1. The van der Waals surface area contributed by atoms with E-state index in [9.17, 15) is 10.1 Å². The Balaban J connectivity index is 2.34. The van der Waals surface area contributed by atoms with E-state index < -0.39 is 4.92 Å². The highest BCUT2D eigenvalue weighted by Gasteiger charge is 2.16. The Morgan fingerprint density at radius 1 is 1.37 bits per heavy atom. The van der Waals surface area contributed by atoms with Gasteiger partial charge >= 0.3 is 5.69 Å². The van der Waals surface area contributed by atoms with Gasteiger partial charge in [-0.1, -0.05) is 11.6 Å². The number of pyridine rings is 1. The van der Waals surface area contributed by atoms with Crippen LogP contribution in [0.4, 0.5) is 11.5 Å². The molecule has 0 fully saturated rings. The fourth-order valence-electron chi connectivity index (χ4n) is 1.46. The second-order valence-corrected chi connectivity index (χ2v) is 4.03. The molecule has 0 aliphatic carbocycles. The number of benzene rings is 1. The van der Waals surface area contributed by atoms with Crippen LogP contribution in [0, 0.1) is 10.1 Å². The molecule has 0 atom stereocenters. The summed E-state index contributed by atoms with van der Waals surface area (Å²) in [5.41, 5.74) is -0.185. The molecule has 98 valence electrons. The zero-order chi connectivity index (χ0) is 13.8. The molecule has 1 aromatic carbocycles. The number of nitro groups is 1. The van der Waals surface area contributed by atoms with E-state index in [0.29, 0.717) is 11.6 Å². The van der Waals surface area contributed by atoms with Crippen molar-refractivity contribution in [1.82, 2.24) is 4.98 Å². The second-order valence-electron chi connectivity index (χ2n) is 3.60. The molecule has 0 radical (unpaired) electrons. The first kappa shape index (κ1) is 13.1. The first-order valence-corrected chi connectivity index (χ1v) is 5.73. The lowest BCUT2D eigenvalue weighted by molar-refractivity contribution is -0.385. The average molecular weight is 280 g/mol. The van der Waals surface area contributed by atoms with E-state index >= 15 is 0 Å². The molecule has 1 heterocycles. The van der Waals surface area contributed by atoms with Gasteiger partial charge in [-0.15, -0.1) is 0 Å². The standard InChI is InChI=1S/C12H10ClN3O3/c1-14-12-7-9(4-5-15-12)19-11-3-2-8(13)6-10(11)16(17)18/h2-7H,1H3,(H,14,15). The maximum Gasteiger partial charge on any atom is 0.313 e. The van der Waals surface area contributed by atoms with Crippen molar-refractivity contribution in [1.29, 1.82) is 0 Å². The first-order valence-electron chi connectivity index (χ1n) is 5.36.